The van der Waals surface area contributed by atoms with Crippen LogP contribution < -0.4 is 5.32 Å². The lowest BCUT2D eigenvalue weighted by molar-refractivity contribution is 0.523. The molecule has 0 bridgehead atoms. The van der Waals surface area contributed by atoms with E-state index in [1.165, 1.54) is 0 Å². The summed E-state index contributed by atoms with van der Waals surface area (Å²) in [5.74, 6) is 0. The summed E-state index contributed by atoms with van der Waals surface area (Å²) in [5.41, 5.74) is 3.05. The Labute approximate surface area is 125 Å². The Kier molecular flexibility index (Phi) is 5.15. The van der Waals surface area contributed by atoms with Crippen LogP contribution in [0.3, 0.4) is 0 Å². The molecule has 0 spiro atoms. The fourth-order valence-corrected chi connectivity index (χ4v) is 2.51. The molecule has 1 atom stereocenters. The highest BCUT2D eigenvalue weighted by Gasteiger charge is 2.15. The summed E-state index contributed by atoms with van der Waals surface area (Å²) >= 11 is 6.40. The van der Waals surface area contributed by atoms with Gasteiger partial charge in [-0.05, 0) is 32.4 Å². The summed E-state index contributed by atoms with van der Waals surface area (Å²) in [6.07, 6.45) is 2.67. The highest BCUT2D eigenvalue weighted by molar-refractivity contribution is 6.31. The van der Waals surface area contributed by atoms with Crippen LogP contribution in [0.4, 0.5) is 0 Å². The topological polar surface area (TPSA) is 42.7 Å². The molecule has 4 nitrogen and oxygen atoms in total. The van der Waals surface area contributed by atoms with E-state index in [1.54, 1.807) is 0 Å². The van der Waals surface area contributed by atoms with Crippen molar-refractivity contribution in [1.29, 1.82) is 0 Å². The molecule has 1 N–H and O–H groups in total. The van der Waals surface area contributed by atoms with Crippen molar-refractivity contribution in [3.05, 3.63) is 46.5 Å². The maximum absolute atomic E-state index is 6.40. The Morgan fingerprint density at radius 1 is 1.35 bits per heavy atom. The van der Waals surface area contributed by atoms with Crippen molar-refractivity contribution in [3.63, 3.8) is 0 Å². The lowest BCUT2D eigenvalue weighted by Crippen LogP contribution is -2.21. The van der Waals surface area contributed by atoms with Gasteiger partial charge in [-0.3, -0.25) is 9.67 Å². The van der Waals surface area contributed by atoms with Crippen LogP contribution in [0.25, 0.3) is 0 Å². The van der Waals surface area contributed by atoms with Gasteiger partial charge in [-0.1, -0.05) is 24.6 Å². The van der Waals surface area contributed by atoms with E-state index in [-0.39, 0.29) is 6.04 Å². The van der Waals surface area contributed by atoms with Crippen LogP contribution in [-0.4, -0.2) is 14.8 Å². The molecule has 0 radical (unpaired) electrons. The van der Waals surface area contributed by atoms with Crippen molar-refractivity contribution in [2.24, 2.45) is 0 Å². The van der Waals surface area contributed by atoms with E-state index in [1.807, 2.05) is 29.1 Å². The number of rotatable bonds is 6. The Morgan fingerprint density at radius 2 is 2.15 bits per heavy atom. The summed E-state index contributed by atoms with van der Waals surface area (Å²) < 4.78 is 1.97. The zero-order valence-corrected chi connectivity index (χ0v) is 13.0. The second-order valence-corrected chi connectivity index (χ2v) is 5.11. The molecule has 108 valence electrons. The Bertz CT molecular complexity index is 551. The largest absolute Gasteiger partial charge is 0.303 e. The summed E-state index contributed by atoms with van der Waals surface area (Å²) in [6, 6.07) is 6.12. The number of nitrogens with one attached hydrogen (secondary N) is 1. The van der Waals surface area contributed by atoms with Crippen molar-refractivity contribution < 1.29 is 0 Å². The minimum atomic E-state index is 0.178. The molecule has 20 heavy (non-hydrogen) atoms. The smallest absolute Gasteiger partial charge is 0.0863 e. The van der Waals surface area contributed by atoms with Crippen LogP contribution in [0.1, 0.15) is 43.9 Å². The zero-order valence-electron chi connectivity index (χ0n) is 12.2. The van der Waals surface area contributed by atoms with Crippen molar-refractivity contribution in [3.8, 4) is 0 Å². The average Bonchev–Trinajstić information content (AvgIpc) is 2.81. The quantitative estimate of drug-likeness (QED) is 0.888. The molecule has 0 aromatic carbocycles. The number of halogens is 1. The van der Waals surface area contributed by atoms with Crippen LogP contribution in [0.2, 0.25) is 5.02 Å². The summed E-state index contributed by atoms with van der Waals surface area (Å²) in [6.45, 7) is 7.77. The normalized spacial score (nSPS) is 12.6. The summed E-state index contributed by atoms with van der Waals surface area (Å²) in [5, 5.41) is 8.77. The Hall–Kier alpha value is -1.39. The zero-order chi connectivity index (χ0) is 14.5. The monoisotopic (exact) mass is 292 g/mol. The molecule has 0 amide bonds. The molecule has 1 unspecified atom stereocenters. The second kappa shape index (κ2) is 6.86. The van der Waals surface area contributed by atoms with Crippen molar-refractivity contribution in [2.75, 3.05) is 0 Å². The molecule has 0 aliphatic carbocycles. The lowest BCUT2D eigenvalue weighted by Gasteiger charge is -2.14. The van der Waals surface area contributed by atoms with Gasteiger partial charge in [0.25, 0.3) is 0 Å². The van der Waals surface area contributed by atoms with E-state index in [9.17, 15) is 0 Å². The summed E-state index contributed by atoms with van der Waals surface area (Å²) in [4.78, 5) is 4.36. The molecule has 0 saturated carbocycles. The molecule has 2 aromatic rings. The van der Waals surface area contributed by atoms with Crippen molar-refractivity contribution in [2.45, 2.75) is 46.3 Å². The first-order valence-corrected chi connectivity index (χ1v) is 7.43. The van der Waals surface area contributed by atoms with Crippen LogP contribution in [0.15, 0.2) is 24.4 Å². The van der Waals surface area contributed by atoms with Gasteiger partial charge in [-0.2, -0.15) is 5.10 Å². The van der Waals surface area contributed by atoms with Gasteiger partial charge in [0.2, 0.25) is 0 Å². The van der Waals surface area contributed by atoms with E-state index in [2.05, 4.69) is 36.2 Å². The third-order valence-corrected chi connectivity index (χ3v) is 3.84. The van der Waals surface area contributed by atoms with Gasteiger partial charge in [0, 0.05) is 25.3 Å². The summed E-state index contributed by atoms with van der Waals surface area (Å²) in [7, 11) is 0. The third-order valence-electron chi connectivity index (χ3n) is 3.40. The predicted octanol–water partition coefficient (Wildman–Crippen LogP) is 3.36. The van der Waals surface area contributed by atoms with Gasteiger partial charge >= 0.3 is 0 Å². The molecule has 0 aliphatic heterocycles. The van der Waals surface area contributed by atoms with Gasteiger partial charge in [-0.15, -0.1) is 0 Å². The number of nitrogens with zero attached hydrogens (tertiary/aromatic N) is 3. The van der Waals surface area contributed by atoms with Gasteiger partial charge < -0.3 is 5.32 Å². The standard InChI is InChI=1S/C15H21ClN4/c1-4-12-15(16)14(20(5-2)19-12)10-18-11(3)13-8-6-7-9-17-13/h6-9,11,18H,4-5,10H2,1-3H3. The molecule has 0 aliphatic rings. The second-order valence-electron chi connectivity index (χ2n) is 4.73. The average molecular weight is 293 g/mol. The highest BCUT2D eigenvalue weighted by atomic mass is 35.5. The van der Waals surface area contributed by atoms with E-state index in [4.69, 9.17) is 11.6 Å². The molecule has 2 aromatic heterocycles. The maximum Gasteiger partial charge on any atom is 0.0863 e. The molecular weight excluding hydrogens is 272 g/mol. The van der Waals surface area contributed by atoms with Crippen molar-refractivity contribution >= 4 is 11.6 Å². The first-order chi connectivity index (χ1) is 9.67. The van der Waals surface area contributed by atoms with E-state index >= 15 is 0 Å². The van der Waals surface area contributed by atoms with Crippen LogP contribution in [-0.2, 0) is 19.5 Å². The third kappa shape index (κ3) is 3.19. The maximum atomic E-state index is 6.40. The Balaban J connectivity index is 2.09. The van der Waals surface area contributed by atoms with Gasteiger partial charge in [0.05, 0.1) is 22.1 Å². The van der Waals surface area contributed by atoms with Crippen molar-refractivity contribution in [1.82, 2.24) is 20.1 Å². The fraction of sp³-hybridized carbons (Fsp3) is 0.467. The number of aryl methyl sites for hydroxylation is 2. The fourth-order valence-electron chi connectivity index (χ4n) is 2.17. The van der Waals surface area contributed by atoms with Gasteiger partial charge in [-0.25, -0.2) is 0 Å². The minimum absolute atomic E-state index is 0.178. The first-order valence-electron chi connectivity index (χ1n) is 7.05. The van der Waals surface area contributed by atoms with Crippen LogP contribution in [0.5, 0.6) is 0 Å². The van der Waals surface area contributed by atoms with E-state index < -0.39 is 0 Å². The predicted molar refractivity (Wildman–Crippen MR) is 81.8 cm³/mol. The number of pyridine rings is 1. The van der Waals surface area contributed by atoms with Crippen LogP contribution in [0, 0.1) is 0 Å². The SMILES string of the molecule is CCc1nn(CC)c(CNC(C)c2ccccn2)c1Cl. The number of aromatic nitrogens is 3. The molecular formula is C15H21ClN4. The lowest BCUT2D eigenvalue weighted by atomic mass is 10.2. The van der Waals surface area contributed by atoms with Gasteiger partial charge in [0.1, 0.15) is 0 Å². The Morgan fingerprint density at radius 3 is 2.75 bits per heavy atom. The van der Waals surface area contributed by atoms with Crippen LogP contribution >= 0.6 is 11.6 Å². The molecule has 2 rings (SSSR count). The molecule has 5 heteroatoms. The first kappa shape index (κ1) is 15.0. The number of hydrogen-bond acceptors (Lipinski definition) is 3. The van der Waals surface area contributed by atoms with E-state index in [0.717, 1.165) is 35.1 Å². The van der Waals surface area contributed by atoms with E-state index in [0.29, 0.717) is 6.54 Å². The molecule has 2 heterocycles. The minimum Gasteiger partial charge on any atom is -0.303 e. The number of hydrogen-bond donors (Lipinski definition) is 1. The highest BCUT2D eigenvalue weighted by Crippen LogP contribution is 2.22. The molecule has 0 saturated heterocycles. The molecule has 0 fully saturated rings. The van der Waals surface area contributed by atoms with Gasteiger partial charge in [0.15, 0.2) is 0 Å².